The van der Waals surface area contributed by atoms with E-state index < -0.39 is 0 Å². The average molecular weight is 326 g/mol. The van der Waals surface area contributed by atoms with Crippen LogP contribution >= 0.6 is 27.5 Å². The molecule has 0 aromatic heterocycles. The van der Waals surface area contributed by atoms with Crippen molar-refractivity contribution < 1.29 is 4.74 Å². The second-order valence-electron chi connectivity index (χ2n) is 4.16. The van der Waals surface area contributed by atoms with Gasteiger partial charge in [-0.15, -0.1) is 0 Å². The van der Waals surface area contributed by atoms with Crippen LogP contribution in [-0.2, 0) is 11.9 Å². The quantitative estimate of drug-likeness (QED) is 0.709. The van der Waals surface area contributed by atoms with Gasteiger partial charge in [0, 0.05) is 15.9 Å². The van der Waals surface area contributed by atoms with Crippen molar-refractivity contribution in [1.82, 2.24) is 0 Å². The van der Waals surface area contributed by atoms with E-state index in [0.29, 0.717) is 6.61 Å². The lowest BCUT2D eigenvalue weighted by Gasteiger charge is -2.10. The molecule has 2 rings (SSSR count). The Hall–Kier alpha value is -0.990. The Morgan fingerprint density at radius 2 is 2.00 bits per heavy atom. The minimum atomic E-state index is 0.573. The molecule has 0 aliphatic heterocycles. The maximum Gasteiger partial charge on any atom is 0.123 e. The Balaban J connectivity index is 2.10. The van der Waals surface area contributed by atoms with Gasteiger partial charge >= 0.3 is 0 Å². The van der Waals surface area contributed by atoms with E-state index in [2.05, 4.69) is 41.1 Å². The number of hydrogen-bond donors (Lipinski definition) is 0. The number of benzene rings is 2. The molecule has 0 amide bonds. The largest absolute Gasteiger partial charge is 0.489 e. The summed E-state index contributed by atoms with van der Waals surface area (Å²) >= 11 is 9.40. The molecular weight excluding hydrogens is 312 g/mol. The Bertz CT molecular complexity index is 540. The first-order valence-electron chi connectivity index (χ1n) is 5.72. The average Bonchev–Trinajstić information content (AvgIpc) is 2.37. The highest BCUT2D eigenvalue weighted by molar-refractivity contribution is 9.08. The van der Waals surface area contributed by atoms with Crippen molar-refractivity contribution in [2.75, 3.05) is 0 Å². The molecule has 0 radical (unpaired) electrons. The van der Waals surface area contributed by atoms with Crippen molar-refractivity contribution in [3.63, 3.8) is 0 Å². The molecule has 0 aliphatic carbocycles. The third kappa shape index (κ3) is 3.50. The van der Waals surface area contributed by atoms with Crippen molar-refractivity contribution in [1.29, 1.82) is 0 Å². The SMILES string of the molecule is Cc1cccc(COc2ccc(Cl)cc2CBr)c1. The van der Waals surface area contributed by atoms with E-state index in [4.69, 9.17) is 16.3 Å². The van der Waals surface area contributed by atoms with E-state index in [9.17, 15) is 0 Å². The highest BCUT2D eigenvalue weighted by Gasteiger charge is 2.04. The summed E-state index contributed by atoms with van der Waals surface area (Å²) < 4.78 is 5.84. The Kier molecular flexibility index (Phi) is 4.67. The smallest absolute Gasteiger partial charge is 0.123 e. The fourth-order valence-electron chi connectivity index (χ4n) is 1.76. The van der Waals surface area contributed by atoms with Gasteiger partial charge in [0.2, 0.25) is 0 Å². The van der Waals surface area contributed by atoms with Crippen LogP contribution in [-0.4, -0.2) is 0 Å². The maximum atomic E-state index is 5.96. The van der Waals surface area contributed by atoms with Gasteiger partial charge in [-0.2, -0.15) is 0 Å². The molecule has 0 N–H and O–H groups in total. The molecule has 0 heterocycles. The highest BCUT2D eigenvalue weighted by Crippen LogP contribution is 2.25. The van der Waals surface area contributed by atoms with Crippen LogP contribution in [0.2, 0.25) is 5.02 Å². The van der Waals surface area contributed by atoms with Gasteiger partial charge in [-0.05, 0) is 30.7 Å². The monoisotopic (exact) mass is 324 g/mol. The second-order valence-corrected chi connectivity index (χ2v) is 5.16. The summed E-state index contributed by atoms with van der Waals surface area (Å²) in [6, 6.07) is 14.0. The minimum Gasteiger partial charge on any atom is -0.489 e. The second kappa shape index (κ2) is 6.26. The summed E-state index contributed by atoms with van der Waals surface area (Å²) in [5.41, 5.74) is 3.48. The van der Waals surface area contributed by atoms with E-state index in [1.807, 2.05) is 24.3 Å². The van der Waals surface area contributed by atoms with Gasteiger partial charge in [0.05, 0.1) is 0 Å². The summed E-state index contributed by atoms with van der Waals surface area (Å²) in [6.45, 7) is 2.65. The van der Waals surface area contributed by atoms with Crippen LogP contribution in [0.5, 0.6) is 5.75 Å². The first kappa shape index (κ1) is 13.4. The molecule has 1 nitrogen and oxygen atoms in total. The molecule has 18 heavy (non-hydrogen) atoms. The molecule has 0 aliphatic rings. The fourth-order valence-corrected chi connectivity index (χ4v) is 2.39. The van der Waals surface area contributed by atoms with Crippen molar-refractivity contribution in [3.05, 3.63) is 64.2 Å². The predicted octanol–water partition coefficient (Wildman–Crippen LogP) is 5.12. The lowest BCUT2D eigenvalue weighted by atomic mass is 10.1. The van der Waals surface area contributed by atoms with Crippen LogP contribution in [0.3, 0.4) is 0 Å². The first-order chi connectivity index (χ1) is 8.69. The minimum absolute atomic E-state index is 0.573. The summed E-state index contributed by atoms with van der Waals surface area (Å²) in [5, 5.41) is 1.46. The Morgan fingerprint density at radius 3 is 2.72 bits per heavy atom. The van der Waals surface area contributed by atoms with Gasteiger partial charge in [-0.25, -0.2) is 0 Å². The van der Waals surface area contributed by atoms with Crippen LogP contribution in [0.25, 0.3) is 0 Å². The van der Waals surface area contributed by atoms with Gasteiger partial charge in [-0.3, -0.25) is 0 Å². The van der Waals surface area contributed by atoms with E-state index in [1.54, 1.807) is 0 Å². The molecule has 2 aromatic carbocycles. The summed E-state index contributed by atoms with van der Waals surface area (Å²) in [6.07, 6.45) is 0. The topological polar surface area (TPSA) is 9.23 Å². The van der Waals surface area contributed by atoms with Crippen molar-refractivity contribution in [2.45, 2.75) is 18.9 Å². The summed E-state index contributed by atoms with van der Waals surface area (Å²) in [5.74, 6) is 0.873. The zero-order chi connectivity index (χ0) is 13.0. The standard InChI is InChI=1S/C15H14BrClO/c1-11-3-2-4-12(7-11)10-18-15-6-5-14(17)8-13(15)9-16/h2-8H,9-10H2,1H3. The van der Waals surface area contributed by atoms with Gasteiger partial charge < -0.3 is 4.74 Å². The van der Waals surface area contributed by atoms with Crippen LogP contribution in [0.15, 0.2) is 42.5 Å². The third-order valence-electron chi connectivity index (χ3n) is 2.64. The zero-order valence-electron chi connectivity index (χ0n) is 10.1. The molecule has 0 fully saturated rings. The summed E-state index contributed by atoms with van der Waals surface area (Å²) in [7, 11) is 0. The molecule has 2 aromatic rings. The first-order valence-corrected chi connectivity index (χ1v) is 7.21. The van der Waals surface area contributed by atoms with Crippen molar-refractivity contribution in [2.24, 2.45) is 0 Å². The molecule has 0 saturated heterocycles. The molecule has 0 atom stereocenters. The molecule has 0 bridgehead atoms. The van der Waals surface area contributed by atoms with Crippen LogP contribution in [0.4, 0.5) is 0 Å². The Morgan fingerprint density at radius 1 is 1.17 bits per heavy atom. The fraction of sp³-hybridized carbons (Fsp3) is 0.200. The van der Waals surface area contributed by atoms with E-state index in [-0.39, 0.29) is 0 Å². The number of rotatable bonds is 4. The number of hydrogen-bond acceptors (Lipinski definition) is 1. The molecule has 94 valence electrons. The normalized spacial score (nSPS) is 10.4. The lowest BCUT2D eigenvalue weighted by Crippen LogP contribution is -1.98. The van der Waals surface area contributed by atoms with Gasteiger partial charge in [0.1, 0.15) is 12.4 Å². The number of ether oxygens (including phenoxy) is 1. The van der Waals surface area contributed by atoms with Crippen LogP contribution in [0, 0.1) is 6.92 Å². The van der Waals surface area contributed by atoms with E-state index in [0.717, 1.165) is 21.7 Å². The van der Waals surface area contributed by atoms with Crippen LogP contribution in [0.1, 0.15) is 16.7 Å². The van der Waals surface area contributed by atoms with Gasteiger partial charge in [0.25, 0.3) is 0 Å². The maximum absolute atomic E-state index is 5.96. The number of halogens is 2. The van der Waals surface area contributed by atoms with E-state index >= 15 is 0 Å². The van der Waals surface area contributed by atoms with Crippen LogP contribution < -0.4 is 4.74 Å². The molecular formula is C15H14BrClO. The summed E-state index contributed by atoms with van der Waals surface area (Å²) in [4.78, 5) is 0. The van der Waals surface area contributed by atoms with E-state index in [1.165, 1.54) is 11.1 Å². The Labute approximate surface area is 121 Å². The molecule has 3 heteroatoms. The van der Waals surface area contributed by atoms with Crippen molar-refractivity contribution >= 4 is 27.5 Å². The number of alkyl halides is 1. The highest BCUT2D eigenvalue weighted by atomic mass is 79.9. The molecule has 0 unspecified atom stereocenters. The van der Waals surface area contributed by atoms with Gasteiger partial charge in [0.15, 0.2) is 0 Å². The zero-order valence-corrected chi connectivity index (χ0v) is 12.5. The van der Waals surface area contributed by atoms with Gasteiger partial charge in [-0.1, -0.05) is 57.4 Å². The molecule has 0 spiro atoms. The predicted molar refractivity (Wildman–Crippen MR) is 79.6 cm³/mol. The molecule has 0 saturated carbocycles. The lowest BCUT2D eigenvalue weighted by molar-refractivity contribution is 0.304. The number of aryl methyl sites for hydroxylation is 1. The van der Waals surface area contributed by atoms with Crippen molar-refractivity contribution in [3.8, 4) is 5.75 Å². The third-order valence-corrected chi connectivity index (χ3v) is 3.48.